The molecule has 0 radical (unpaired) electrons. The zero-order chi connectivity index (χ0) is 24.5. The second-order valence-corrected chi connectivity index (χ2v) is 10.7. The Hall–Kier alpha value is -2.43. The van der Waals surface area contributed by atoms with E-state index >= 15 is 0 Å². The molecule has 2 aromatic rings. The second kappa shape index (κ2) is 10.3. The standard InChI is InChI=1S/C29H29Cl2NO3/c1-17-26(29(34)35-21-7-3-2-4-8-21)27(22-9-5-6-10-23(22)31)28-24(32-17)15-19(16-25(28)33)18-11-13-20(30)14-12-18/h5-6,9-14,19,21,26-27H,2-4,7-8,15-16H2,1H3/t19-,26?,27-/m1/s1. The lowest BCUT2D eigenvalue weighted by Crippen LogP contribution is -2.39. The van der Waals surface area contributed by atoms with Crippen molar-refractivity contribution >= 4 is 40.7 Å². The summed E-state index contributed by atoms with van der Waals surface area (Å²) in [6.07, 6.45) is 6.03. The van der Waals surface area contributed by atoms with Crippen molar-refractivity contribution in [2.75, 3.05) is 0 Å². The van der Waals surface area contributed by atoms with Gasteiger partial charge >= 0.3 is 5.97 Å². The Kier molecular flexibility index (Phi) is 7.13. The molecule has 0 spiro atoms. The first kappa shape index (κ1) is 24.3. The van der Waals surface area contributed by atoms with Crippen LogP contribution in [0.4, 0.5) is 0 Å². The van der Waals surface area contributed by atoms with Crippen molar-refractivity contribution in [2.24, 2.45) is 10.9 Å². The van der Waals surface area contributed by atoms with Crippen molar-refractivity contribution in [3.05, 3.63) is 81.0 Å². The Balaban J connectivity index is 1.53. The Bertz CT molecular complexity index is 1190. The quantitative estimate of drug-likeness (QED) is 0.402. The molecule has 35 heavy (non-hydrogen) atoms. The number of carbonyl (C=O) groups excluding carboxylic acids is 2. The maximum Gasteiger partial charge on any atom is 0.315 e. The maximum atomic E-state index is 13.7. The van der Waals surface area contributed by atoms with E-state index in [-0.39, 0.29) is 23.8 Å². The summed E-state index contributed by atoms with van der Waals surface area (Å²) >= 11 is 12.7. The lowest BCUT2D eigenvalue weighted by Gasteiger charge is -2.37. The van der Waals surface area contributed by atoms with Crippen LogP contribution in [0.15, 0.2) is 64.8 Å². The van der Waals surface area contributed by atoms with Crippen LogP contribution in [0.2, 0.25) is 10.0 Å². The number of ether oxygens (including phenoxy) is 1. The van der Waals surface area contributed by atoms with Crippen LogP contribution >= 0.6 is 23.2 Å². The first-order valence-corrected chi connectivity index (χ1v) is 13.2. The number of aliphatic imine (C=N–C) groups is 1. The summed E-state index contributed by atoms with van der Waals surface area (Å²) in [5.74, 6) is -1.42. The van der Waals surface area contributed by atoms with Crippen LogP contribution in [-0.4, -0.2) is 23.6 Å². The predicted octanol–water partition coefficient (Wildman–Crippen LogP) is 7.44. The first-order valence-electron chi connectivity index (χ1n) is 12.4. The van der Waals surface area contributed by atoms with Gasteiger partial charge in [-0.15, -0.1) is 0 Å². The van der Waals surface area contributed by atoms with Gasteiger partial charge in [0.15, 0.2) is 5.78 Å². The topological polar surface area (TPSA) is 55.7 Å². The summed E-state index contributed by atoms with van der Waals surface area (Å²) in [5, 5.41) is 1.21. The van der Waals surface area contributed by atoms with E-state index in [1.807, 2.05) is 55.5 Å². The summed E-state index contributed by atoms with van der Waals surface area (Å²) in [6, 6.07) is 15.1. The minimum Gasteiger partial charge on any atom is -0.462 e. The molecule has 4 nitrogen and oxygen atoms in total. The lowest BCUT2D eigenvalue weighted by atomic mass is 9.69. The third kappa shape index (κ3) is 4.96. The molecule has 0 amide bonds. The third-order valence-electron chi connectivity index (χ3n) is 7.56. The highest BCUT2D eigenvalue weighted by Crippen LogP contribution is 2.48. The minimum atomic E-state index is -0.661. The van der Waals surface area contributed by atoms with Gasteiger partial charge in [0.25, 0.3) is 0 Å². The van der Waals surface area contributed by atoms with E-state index in [0.29, 0.717) is 34.2 Å². The van der Waals surface area contributed by atoms with Crippen molar-refractivity contribution in [1.29, 1.82) is 0 Å². The molecule has 1 fully saturated rings. The van der Waals surface area contributed by atoms with Gasteiger partial charge in [0.2, 0.25) is 0 Å². The van der Waals surface area contributed by atoms with Crippen LogP contribution in [0, 0.1) is 5.92 Å². The number of halogens is 2. The number of hydrogen-bond acceptors (Lipinski definition) is 4. The van der Waals surface area contributed by atoms with Gasteiger partial charge in [-0.2, -0.15) is 0 Å². The van der Waals surface area contributed by atoms with E-state index in [4.69, 9.17) is 32.9 Å². The zero-order valence-corrected chi connectivity index (χ0v) is 21.3. The van der Waals surface area contributed by atoms with Crippen LogP contribution in [0.3, 0.4) is 0 Å². The van der Waals surface area contributed by atoms with Gasteiger partial charge in [-0.25, -0.2) is 0 Å². The Morgan fingerprint density at radius 2 is 1.69 bits per heavy atom. The van der Waals surface area contributed by atoms with Gasteiger partial charge in [-0.3, -0.25) is 14.6 Å². The van der Waals surface area contributed by atoms with E-state index in [2.05, 4.69) is 0 Å². The Labute approximate surface area is 216 Å². The largest absolute Gasteiger partial charge is 0.462 e. The highest BCUT2D eigenvalue weighted by Gasteiger charge is 2.45. The molecule has 2 aromatic carbocycles. The van der Waals surface area contributed by atoms with Crippen LogP contribution < -0.4 is 0 Å². The monoisotopic (exact) mass is 509 g/mol. The highest BCUT2D eigenvalue weighted by molar-refractivity contribution is 6.31. The molecule has 1 aliphatic heterocycles. The van der Waals surface area contributed by atoms with Crippen LogP contribution in [0.1, 0.15) is 74.8 Å². The number of carbonyl (C=O) groups is 2. The molecule has 5 rings (SSSR count). The van der Waals surface area contributed by atoms with Crippen molar-refractivity contribution < 1.29 is 14.3 Å². The number of ketones is 1. The number of allylic oxidation sites excluding steroid dienone is 2. The van der Waals surface area contributed by atoms with Crippen LogP contribution in [0.25, 0.3) is 0 Å². The molecule has 0 N–H and O–H groups in total. The predicted molar refractivity (Wildman–Crippen MR) is 139 cm³/mol. The number of nitrogens with zero attached hydrogens (tertiary/aromatic N) is 1. The van der Waals surface area contributed by atoms with Gasteiger partial charge in [-0.1, -0.05) is 60.0 Å². The molecule has 6 heteroatoms. The zero-order valence-electron chi connectivity index (χ0n) is 19.8. The molecule has 1 heterocycles. The van der Waals surface area contributed by atoms with E-state index < -0.39 is 11.8 Å². The van der Waals surface area contributed by atoms with Gasteiger partial charge in [0.1, 0.15) is 12.0 Å². The van der Waals surface area contributed by atoms with E-state index in [9.17, 15) is 9.59 Å². The number of benzene rings is 2. The highest BCUT2D eigenvalue weighted by atomic mass is 35.5. The Morgan fingerprint density at radius 1 is 0.971 bits per heavy atom. The third-order valence-corrected chi connectivity index (χ3v) is 8.16. The average Bonchev–Trinajstić information content (AvgIpc) is 2.84. The van der Waals surface area contributed by atoms with E-state index in [1.54, 1.807) is 0 Å². The van der Waals surface area contributed by atoms with Gasteiger partial charge in [0, 0.05) is 39.4 Å². The molecule has 0 saturated heterocycles. The first-order chi connectivity index (χ1) is 16.9. The molecule has 1 unspecified atom stereocenters. The van der Waals surface area contributed by atoms with Crippen molar-refractivity contribution in [3.63, 3.8) is 0 Å². The van der Waals surface area contributed by atoms with E-state index in [1.165, 1.54) is 6.42 Å². The molecule has 3 aliphatic rings. The summed E-state index contributed by atoms with van der Waals surface area (Å²) in [7, 11) is 0. The average molecular weight is 510 g/mol. The molecule has 182 valence electrons. The van der Waals surface area contributed by atoms with Gasteiger partial charge in [0.05, 0.1) is 0 Å². The SMILES string of the molecule is CC1=NC2=C(C(=O)C[C@H](c3ccc(Cl)cc3)C2)[C@H](c2ccccc2Cl)C1C(=O)OC1CCCCC1. The van der Waals surface area contributed by atoms with Crippen molar-refractivity contribution in [1.82, 2.24) is 0 Å². The number of hydrogen-bond donors (Lipinski definition) is 0. The summed E-state index contributed by atoms with van der Waals surface area (Å²) in [4.78, 5) is 32.1. The number of esters is 1. The molecule has 0 aromatic heterocycles. The van der Waals surface area contributed by atoms with Gasteiger partial charge < -0.3 is 4.74 Å². The second-order valence-electron chi connectivity index (χ2n) is 9.87. The summed E-state index contributed by atoms with van der Waals surface area (Å²) < 4.78 is 6.00. The smallest absolute Gasteiger partial charge is 0.315 e. The molecule has 3 atom stereocenters. The van der Waals surface area contributed by atoms with Crippen molar-refractivity contribution in [2.45, 2.75) is 69.8 Å². The molecular formula is C29H29Cl2NO3. The van der Waals surface area contributed by atoms with E-state index in [0.717, 1.165) is 42.5 Å². The lowest BCUT2D eigenvalue weighted by molar-refractivity contribution is -0.153. The summed E-state index contributed by atoms with van der Waals surface area (Å²) in [6.45, 7) is 1.87. The van der Waals surface area contributed by atoms with Gasteiger partial charge in [-0.05, 0) is 74.3 Å². The molecule has 0 bridgehead atoms. The molecule has 1 saturated carbocycles. The normalized spacial score (nSPS) is 25.2. The Morgan fingerprint density at radius 3 is 2.40 bits per heavy atom. The fourth-order valence-electron chi connectivity index (χ4n) is 5.82. The fraction of sp³-hybridized carbons (Fsp3) is 0.414. The number of Topliss-reactive ketones (excluding diaryl/α,β-unsaturated/α-hetero) is 1. The number of rotatable bonds is 4. The van der Waals surface area contributed by atoms with Crippen LogP contribution in [-0.2, 0) is 14.3 Å². The fourth-order valence-corrected chi connectivity index (χ4v) is 6.20. The maximum absolute atomic E-state index is 13.7. The van der Waals surface area contributed by atoms with Crippen LogP contribution in [0.5, 0.6) is 0 Å². The summed E-state index contributed by atoms with van der Waals surface area (Å²) in [5.41, 5.74) is 3.89. The molecular weight excluding hydrogens is 481 g/mol. The minimum absolute atomic E-state index is 0.0165. The molecule has 2 aliphatic carbocycles. The van der Waals surface area contributed by atoms with Crippen molar-refractivity contribution in [3.8, 4) is 0 Å².